The number of nitrogens with zero attached hydrogens (tertiary/aromatic N) is 2. The Labute approximate surface area is 164 Å². The van der Waals surface area contributed by atoms with Crippen molar-refractivity contribution >= 4 is 33.4 Å². The minimum atomic E-state index is 0.772. The highest BCUT2D eigenvalue weighted by Gasteiger charge is 2.15. The number of H-pyrrole nitrogens is 1. The van der Waals surface area contributed by atoms with Gasteiger partial charge in [-0.05, 0) is 54.6 Å². The number of nitrogens with one attached hydrogen (secondary N) is 1. The number of fused-ring (bicyclic) bond motifs is 2. The van der Waals surface area contributed by atoms with E-state index in [0.29, 0.717) is 0 Å². The molecule has 1 aliphatic heterocycles. The first-order chi connectivity index (χ1) is 13.8. The molecule has 1 fully saturated rings. The van der Waals surface area contributed by atoms with Gasteiger partial charge >= 0.3 is 0 Å². The van der Waals surface area contributed by atoms with Crippen LogP contribution in [0, 0.1) is 0 Å². The van der Waals surface area contributed by atoms with E-state index in [9.17, 15) is 0 Å². The number of aromatic nitrogens is 2. The lowest BCUT2D eigenvalue weighted by atomic mass is 10.0. The number of aromatic amines is 1. The van der Waals surface area contributed by atoms with Crippen LogP contribution in [0.25, 0.3) is 33.4 Å². The van der Waals surface area contributed by atoms with Gasteiger partial charge in [0.15, 0.2) is 0 Å². The maximum Gasteiger partial charge on any atom is 0.0506 e. The van der Waals surface area contributed by atoms with E-state index >= 15 is 0 Å². The molecule has 0 bridgehead atoms. The van der Waals surface area contributed by atoms with Crippen LogP contribution in [-0.4, -0.2) is 28.0 Å². The zero-order valence-electron chi connectivity index (χ0n) is 15.9. The molecule has 0 radical (unpaired) electrons. The monoisotopic (exact) mass is 368 g/mol. The first-order valence-corrected chi connectivity index (χ1v) is 9.91. The zero-order valence-corrected chi connectivity index (χ0v) is 15.9. The number of hydrogen-bond acceptors (Lipinski definition) is 3. The van der Waals surface area contributed by atoms with Crippen molar-refractivity contribution in [2.45, 2.75) is 19.4 Å². The smallest absolute Gasteiger partial charge is 0.0506 e. The molecular weight excluding hydrogens is 344 g/mol. The highest BCUT2D eigenvalue weighted by atomic mass is 15.1. The molecule has 0 aliphatic carbocycles. The average Bonchev–Trinajstić information content (AvgIpc) is 3.38. The lowest BCUT2D eigenvalue weighted by molar-refractivity contribution is 0.332. The molecule has 4 heteroatoms. The van der Waals surface area contributed by atoms with Crippen LogP contribution in [0.4, 0.5) is 0 Å². The summed E-state index contributed by atoms with van der Waals surface area (Å²) in [6.45, 7) is 3.39. The van der Waals surface area contributed by atoms with E-state index in [4.69, 9.17) is 5.73 Å². The Bertz CT molecular complexity index is 1160. The molecule has 3 N–H and O–H groups in total. The summed E-state index contributed by atoms with van der Waals surface area (Å²) in [4.78, 5) is 10.2. The third-order valence-corrected chi connectivity index (χ3v) is 5.73. The lowest BCUT2D eigenvalue weighted by Crippen LogP contribution is -2.18. The van der Waals surface area contributed by atoms with Crippen LogP contribution < -0.4 is 5.73 Å². The highest BCUT2D eigenvalue weighted by Crippen LogP contribution is 2.29. The zero-order chi connectivity index (χ0) is 18.9. The fourth-order valence-electron chi connectivity index (χ4n) is 4.29. The number of likely N-dealkylation sites (tertiary alicyclic amines) is 1. The molecule has 0 saturated carbocycles. The van der Waals surface area contributed by atoms with Gasteiger partial charge in [0.2, 0.25) is 0 Å². The summed E-state index contributed by atoms with van der Waals surface area (Å²) >= 11 is 0. The van der Waals surface area contributed by atoms with Crippen molar-refractivity contribution in [2.75, 3.05) is 13.1 Å². The summed E-state index contributed by atoms with van der Waals surface area (Å²) in [6, 6.07) is 14.8. The van der Waals surface area contributed by atoms with Crippen LogP contribution >= 0.6 is 0 Å². The standard InChI is InChI=1S/C24H24N4/c25-23(13-17-5-3-6-18-14-26-10-9-20(17)18)22-15-27-24-19(7-4-8-21(22)24)16-28-11-1-2-12-28/h3-10,13-15,27H,1-2,11-12,16,25H2/b23-13-. The van der Waals surface area contributed by atoms with Gasteiger partial charge in [0.25, 0.3) is 0 Å². The molecule has 4 nitrogen and oxygen atoms in total. The average molecular weight is 368 g/mol. The van der Waals surface area contributed by atoms with Crippen molar-refractivity contribution < 1.29 is 0 Å². The van der Waals surface area contributed by atoms with Gasteiger partial charge in [-0.2, -0.15) is 0 Å². The van der Waals surface area contributed by atoms with Gasteiger partial charge in [0.05, 0.1) is 5.52 Å². The maximum absolute atomic E-state index is 6.56. The molecule has 2 aromatic carbocycles. The van der Waals surface area contributed by atoms with E-state index in [0.717, 1.165) is 34.1 Å². The summed E-state index contributed by atoms with van der Waals surface area (Å²) in [7, 11) is 0. The van der Waals surface area contributed by atoms with E-state index in [-0.39, 0.29) is 0 Å². The lowest BCUT2D eigenvalue weighted by Gasteiger charge is -2.15. The van der Waals surface area contributed by atoms with Crippen LogP contribution in [-0.2, 0) is 6.54 Å². The molecular formula is C24H24N4. The van der Waals surface area contributed by atoms with Gasteiger partial charge in [-0.15, -0.1) is 0 Å². The highest BCUT2D eigenvalue weighted by molar-refractivity contribution is 6.00. The number of para-hydroxylation sites is 1. The summed E-state index contributed by atoms with van der Waals surface area (Å²) in [6.07, 6.45) is 10.4. The van der Waals surface area contributed by atoms with E-state index in [1.54, 1.807) is 0 Å². The summed E-state index contributed by atoms with van der Waals surface area (Å²) in [5, 5.41) is 3.47. The predicted molar refractivity (Wildman–Crippen MR) is 117 cm³/mol. The molecule has 2 aromatic heterocycles. The van der Waals surface area contributed by atoms with Crippen molar-refractivity contribution in [1.29, 1.82) is 0 Å². The van der Waals surface area contributed by atoms with Crippen molar-refractivity contribution in [2.24, 2.45) is 5.73 Å². The van der Waals surface area contributed by atoms with E-state index in [1.807, 2.05) is 30.7 Å². The molecule has 5 rings (SSSR count). The summed E-state index contributed by atoms with van der Waals surface area (Å²) in [5.74, 6) is 0. The Morgan fingerprint density at radius 1 is 1.07 bits per heavy atom. The Morgan fingerprint density at radius 3 is 2.82 bits per heavy atom. The molecule has 0 atom stereocenters. The van der Waals surface area contributed by atoms with Gasteiger partial charge in [-0.1, -0.05) is 36.4 Å². The molecule has 0 amide bonds. The minimum Gasteiger partial charge on any atom is -0.398 e. The fourth-order valence-corrected chi connectivity index (χ4v) is 4.29. The number of nitrogens with two attached hydrogens (primary N) is 1. The second kappa shape index (κ2) is 7.13. The molecule has 0 unspecified atom stereocenters. The van der Waals surface area contributed by atoms with Crippen molar-refractivity contribution in [3.05, 3.63) is 77.7 Å². The third-order valence-electron chi connectivity index (χ3n) is 5.73. The summed E-state index contributed by atoms with van der Waals surface area (Å²) in [5.41, 5.74) is 12.0. The van der Waals surface area contributed by atoms with Crippen LogP contribution in [0.15, 0.2) is 61.1 Å². The topological polar surface area (TPSA) is 57.9 Å². The first-order valence-electron chi connectivity index (χ1n) is 9.91. The van der Waals surface area contributed by atoms with Gasteiger partial charge in [0.1, 0.15) is 0 Å². The fraction of sp³-hybridized carbons (Fsp3) is 0.208. The minimum absolute atomic E-state index is 0.772. The molecule has 3 heterocycles. The largest absolute Gasteiger partial charge is 0.398 e. The van der Waals surface area contributed by atoms with Gasteiger partial charge in [-0.25, -0.2) is 0 Å². The van der Waals surface area contributed by atoms with E-state index in [1.165, 1.54) is 42.4 Å². The molecule has 28 heavy (non-hydrogen) atoms. The Kier molecular flexibility index (Phi) is 4.34. The van der Waals surface area contributed by atoms with Gasteiger partial charge < -0.3 is 10.7 Å². The van der Waals surface area contributed by atoms with Gasteiger partial charge in [-0.3, -0.25) is 9.88 Å². The van der Waals surface area contributed by atoms with Crippen LogP contribution in [0.2, 0.25) is 0 Å². The van der Waals surface area contributed by atoms with Crippen LogP contribution in [0.5, 0.6) is 0 Å². The van der Waals surface area contributed by atoms with Gasteiger partial charge in [0, 0.05) is 47.2 Å². The Morgan fingerprint density at radius 2 is 1.93 bits per heavy atom. The molecule has 1 aliphatic rings. The van der Waals surface area contributed by atoms with Crippen LogP contribution in [0.3, 0.4) is 0 Å². The summed E-state index contributed by atoms with van der Waals surface area (Å²) < 4.78 is 0. The maximum atomic E-state index is 6.56. The number of pyridine rings is 1. The number of hydrogen-bond donors (Lipinski definition) is 2. The van der Waals surface area contributed by atoms with Crippen molar-refractivity contribution in [1.82, 2.24) is 14.9 Å². The van der Waals surface area contributed by atoms with Crippen molar-refractivity contribution in [3.63, 3.8) is 0 Å². The second-order valence-corrected chi connectivity index (χ2v) is 7.57. The molecule has 4 aromatic rings. The molecule has 140 valence electrons. The quantitative estimate of drug-likeness (QED) is 0.545. The van der Waals surface area contributed by atoms with E-state index in [2.05, 4.69) is 51.3 Å². The second-order valence-electron chi connectivity index (χ2n) is 7.57. The SMILES string of the molecule is N/C(=C\c1cccc2cnccc12)c1c[nH]c2c(CN3CCCC3)cccc12. The Hall–Kier alpha value is -3.11. The van der Waals surface area contributed by atoms with Crippen molar-refractivity contribution in [3.8, 4) is 0 Å². The molecule has 0 spiro atoms. The normalized spacial score (nSPS) is 15.6. The third kappa shape index (κ3) is 3.06. The number of rotatable bonds is 4. The first kappa shape index (κ1) is 17.0. The molecule has 1 saturated heterocycles. The Balaban J connectivity index is 1.54. The van der Waals surface area contributed by atoms with E-state index < -0.39 is 0 Å². The van der Waals surface area contributed by atoms with Crippen LogP contribution in [0.1, 0.15) is 29.5 Å². The number of benzene rings is 2. The predicted octanol–water partition coefficient (Wildman–Crippen LogP) is 4.77.